The van der Waals surface area contributed by atoms with Crippen molar-refractivity contribution in [3.05, 3.63) is 40.3 Å². The van der Waals surface area contributed by atoms with E-state index in [-0.39, 0.29) is 6.61 Å². The summed E-state index contributed by atoms with van der Waals surface area (Å²) in [6.45, 7) is -0.213. The summed E-state index contributed by atoms with van der Waals surface area (Å²) in [6.07, 6.45) is 1.83. The summed E-state index contributed by atoms with van der Waals surface area (Å²) >= 11 is 1.43. The van der Waals surface area contributed by atoms with Gasteiger partial charge in [-0.3, -0.25) is 0 Å². The maximum Gasteiger partial charge on any atom is 0.349 e. The van der Waals surface area contributed by atoms with Crippen LogP contribution in [0.5, 0.6) is 5.75 Å². The molecule has 0 fully saturated rings. The highest BCUT2D eigenvalue weighted by Crippen LogP contribution is 2.40. The molecule has 3 rings (SSSR count). The number of carbonyl (C=O) groups is 1. The Hall–Kier alpha value is -2.32. The normalized spacial score (nSPS) is 12.0. The Morgan fingerprint density at radius 1 is 1.33 bits per heavy atom. The van der Waals surface area contributed by atoms with E-state index in [1.807, 2.05) is 24.3 Å². The molecule has 1 aromatic heterocycles. The fourth-order valence-electron chi connectivity index (χ4n) is 2.51. The van der Waals surface area contributed by atoms with Gasteiger partial charge in [0, 0.05) is 4.88 Å². The molecule has 0 atom stereocenters. The Kier molecular flexibility index (Phi) is 3.63. The fraction of sp³-hybridized carbons (Fsp3) is 0.250. The second kappa shape index (κ2) is 5.58. The monoisotopic (exact) mass is 299 g/mol. The first-order valence-corrected chi connectivity index (χ1v) is 7.38. The van der Waals surface area contributed by atoms with Crippen LogP contribution in [0.4, 0.5) is 0 Å². The van der Waals surface area contributed by atoms with Gasteiger partial charge in [-0.15, -0.1) is 11.3 Å². The summed E-state index contributed by atoms with van der Waals surface area (Å²) in [5.74, 6) is 0.424. The Balaban J connectivity index is 1.96. The molecule has 0 aliphatic heterocycles. The molecule has 1 heterocycles. The second-order valence-electron chi connectivity index (χ2n) is 4.72. The predicted octanol–water partition coefficient (Wildman–Crippen LogP) is 3.20. The molecule has 0 saturated heterocycles. The third kappa shape index (κ3) is 2.50. The summed E-state index contributed by atoms with van der Waals surface area (Å²) in [5, 5.41) is 8.47. The molecule has 0 spiro atoms. The van der Waals surface area contributed by atoms with Gasteiger partial charge in [0.05, 0.1) is 7.11 Å². The van der Waals surface area contributed by atoms with Crippen molar-refractivity contribution in [1.29, 1.82) is 5.26 Å². The molecule has 2 aromatic rings. The lowest BCUT2D eigenvalue weighted by molar-refractivity contribution is 0.0560. The van der Waals surface area contributed by atoms with Gasteiger partial charge in [-0.1, -0.05) is 0 Å². The smallest absolute Gasteiger partial charge is 0.349 e. The van der Waals surface area contributed by atoms with Gasteiger partial charge in [-0.2, -0.15) is 5.26 Å². The van der Waals surface area contributed by atoms with Crippen molar-refractivity contribution >= 4 is 17.3 Å². The molecule has 0 unspecified atom stereocenters. The number of hydrogen-bond acceptors (Lipinski definition) is 5. The minimum Gasteiger partial charge on any atom is -0.497 e. The summed E-state index contributed by atoms with van der Waals surface area (Å²) in [6, 6.07) is 9.70. The number of carbonyl (C=O) groups excluding carboxylic acids is 1. The summed E-state index contributed by atoms with van der Waals surface area (Å²) < 4.78 is 10.1. The second-order valence-corrected chi connectivity index (χ2v) is 5.77. The highest BCUT2D eigenvalue weighted by Gasteiger charge is 2.22. The van der Waals surface area contributed by atoms with Gasteiger partial charge >= 0.3 is 5.97 Å². The lowest BCUT2D eigenvalue weighted by Gasteiger charge is -2.16. The number of fused-ring (bicyclic) bond motifs is 3. The fourth-order valence-corrected chi connectivity index (χ4v) is 3.67. The van der Waals surface area contributed by atoms with Crippen LogP contribution in [0, 0.1) is 11.3 Å². The van der Waals surface area contributed by atoms with Crippen LogP contribution in [0.2, 0.25) is 0 Å². The summed E-state index contributed by atoms with van der Waals surface area (Å²) in [5.41, 5.74) is 3.56. The topological polar surface area (TPSA) is 59.3 Å². The Morgan fingerprint density at radius 2 is 2.14 bits per heavy atom. The molecule has 1 aliphatic rings. The van der Waals surface area contributed by atoms with Crippen LogP contribution in [-0.2, 0) is 17.6 Å². The van der Waals surface area contributed by atoms with Crippen molar-refractivity contribution in [3.63, 3.8) is 0 Å². The molecule has 0 N–H and O–H groups in total. The lowest BCUT2D eigenvalue weighted by atomic mass is 9.91. The molecule has 4 nitrogen and oxygen atoms in total. The van der Waals surface area contributed by atoms with E-state index in [4.69, 9.17) is 14.7 Å². The van der Waals surface area contributed by atoms with Crippen molar-refractivity contribution in [3.8, 4) is 22.3 Å². The number of nitriles is 1. The minimum absolute atomic E-state index is 0.213. The van der Waals surface area contributed by atoms with E-state index in [2.05, 4.69) is 0 Å². The molecular formula is C16H13NO3S. The molecule has 1 aromatic carbocycles. The van der Waals surface area contributed by atoms with Crippen LogP contribution in [0.15, 0.2) is 24.3 Å². The minimum atomic E-state index is -0.425. The molecule has 21 heavy (non-hydrogen) atoms. The Bertz CT molecular complexity index is 742. The SMILES string of the molecule is COc1ccc2c(c1)CCc1cc(C(=O)OCC#N)sc1-2. The maximum atomic E-state index is 11.9. The molecule has 0 bridgehead atoms. The zero-order chi connectivity index (χ0) is 14.8. The molecule has 5 heteroatoms. The Morgan fingerprint density at radius 3 is 2.90 bits per heavy atom. The number of rotatable bonds is 3. The Labute approximate surface area is 126 Å². The van der Waals surface area contributed by atoms with Gasteiger partial charge in [-0.25, -0.2) is 4.79 Å². The molecule has 0 amide bonds. The molecular weight excluding hydrogens is 286 g/mol. The van der Waals surface area contributed by atoms with E-state index < -0.39 is 5.97 Å². The van der Waals surface area contributed by atoms with E-state index in [1.54, 1.807) is 13.2 Å². The quantitative estimate of drug-likeness (QED) is 0.817. The molecule has 0 radical (unpaired) electrons. The largest absolute Gasteiger partial charge is 0.497 e. The van der Waals surface area contributed by atoms with Gasteiger partial charge in [-0.05, 0) is 53.8 Å². The van der Waals surface area contributed by atoms with Crippen LogP contribution in [0.1, 0.15) is 20.8 Å². The van der Waals surface area contributed by atoms with E-state index in [9.17, 15) is 4.79 Å². The van der Waals surface area contributed by atoms with Gasteiger partial charge in [0.25, 0.3) is 0 Å². The standard InChI is InChI=1S/C16H13NO3S/c1-19-12-4-5-13-10(8-12)2-3-11-9-14(21-15(11)13)16(18)20-7-6-17/h4-5,8-9H,2-3,7H2,1H3. The van der Waals surface area contributed by atoms with Crippen molar-refractivity contribution in [2.45, 2.75) is 12.8 Å². The number of methoxy groups -OCH3 is 1. The molecule has 1 aliphatic carbocycles. The van der Waals surface area contributed by atoms with Crippen molar-refractivity contribution in [2.75, 3.05) is 13.7 Å². The number of nitrogens with zero attached hydrogens (tertiary/aromatic N) is 1. The maximum absolute atomic E-state index is 11.9. The van der Waals surface area contributed by atoms with Gasteiger partial charge in [0.15, 0.2) is 6.61 Å². The van der Waals surface area contributed by atoms with E-state index in [0.29, 0.717) is 4.88 Å². The predicted molar refractivity (Wildman–Crippen MR) is 79.6 cm³/mol. The summed E-state index contributed by atoms with van der Waals surface area (Å²) in [4.78, 5) is 13.5. The third-order valence-corrected chi connectivity index (χ3v) is 4.69. The van der Waals surface area contributed by atoms with E-state index in [1.165, 1.54) is 22.5 Å². The third-order valence-electron chi connectivity index (χ3n) is 3.50. The lowest BCUT2D eigenvalue weighted by Crippen LogP contribution is -2.03. The van der Waals surface area contributed by atoms with Crippen molar-refractivity contribution in [1.82, 2.24) is 0 Å². The van der Waals surface area contributed by atoms with Crippen LogP contribution in [0.25, 0.3) is 10.4 Å². The van der Waals surface area contributed by atoms with Crippen LogP contribution >= 0.6 is 11.3 Å². The number of esters is 1. The zero-order valence-corrected chi connectivity index (χ0v) is 12.3. The number of benzene rings is 1. The van der Waals surface area contributed by atoms with Gasteiger partial charge in [0.1, 0.15) is 16.7 Å². The summed E-state index contributed by atoms with van der Waals surface area (Å²) in [7, 11) is 1.66. The van der Waals surface area contributed by atoms with Crippen molar-refractivity contribution in [2.24, 2.45) is 0 Å². The van der Waals surface area contributed by atoms with Crippen molar-refractivity contribution < 1.29 is 14.3 Å². The first-order valence-electron chi connectivity index (χ1n) is 6.57. The molecule has 106 valence electrons. The number of thiophene rings is 1. The highest BCUT2D eigenvalue weighted by molar-refractivity contribution is 7.17. The number of hydrogen-bond donors (Lipinski definition) is 0. The average Bonchev–Trinajstić information content (AvgIpc) is 2.96. The molecule has 0 saturated carbocycles. The number of ether oxygens (including phenoxy) is 2. The van der Waals surface area contributed by atoms with Crippen LogP contribution < -0.4 is 4.74 Å². The average molecular weight is 299 g/mol. The van der Waals surface area contributed by atoms with Crippen LogP contribution in [0.3, 0.4) is 0 Å². The number of aryl methyl sites for hydroxylation is 2. The first-order chi connectivity index (χ1) is 10.2. The zero-order valence-electron chi connectivity index (χ0n) is 11.5. The van der Waals surface area contributed by atoms with Crippen LogP contribution in [-0.4, -0.2) is 19.7 Å². The highest BCUT2D eigenvalue weighted by atomic mass is 32.1. The first kappa shape index (κ1) is 13.7. The van der Waals surface area contributed by atoms with E-state index in [0.717, 1.165) is 29.0 Å². The van der Waals surface area contributed by atoms with Gasteiger partial charge < -0.3 is 9.47 Å². The van der Waals surface area contributed by atoms with E-state index >= 15 is 0 Å². The van der Waals surface area contributed by atoms with Gasteiger partial charge in [0.2, 0.25) is 0 Å².